The molecule has 0 fully saturated rings. The third kappa shape index (κ3) is 5.33. The summed E-state index contributed by atoms with van der Waals surface area (Å²) in [6.07, 6.45) is 2.32. The maximum absolute atomic E-state index is 3.59. The van der Waals surface area contributed by atoms with E-state index in [0.29, 0.717) is 6.04 Å². The summed E-state index contributed by atoms with van der Waals surface area (Å²) in [7, 11) is 0. The molecule has 2 aromatic rings. The van der Waals surface area contributed by atoms with Crippen LogP contribution in [0.15, 0.2) is 54.6 Å². The molecule has 0 aromatic heterocycles. The average Bonchev–Trinajstić information content (AvgIpc) is 2.45. The van der Waals surface area contributed by atoms with Gasteiger partial charge in [0.1, 0.15) is 0 Å². The lowest BCUT2D eigenvalue weighted by atomic mass is 10.1. The number of nitrogens with one attached hydrogen (secondary N) is 1. The first kappa shape index (κ1) is 14.5. The maximum atomic E-state index is 3.59. The quantitative estimate of drug-likeness (QED) is 0.749. The molecule has 0 aliphatic rings. The van der Waals surface area contributed by atoms with Gasteiger partial charge in [0.2, 0.25) is 0 Å². The van der Waals surface area contributed by atoms with Crippen LogP contribution in [-0.4, -0.2) is 6.04 Å². The van der Waals surface area contributed by atoms with Gasteiger partial charge in [0.05, 0.1) is 0 Å². The van der Waals surface area contributed by atoms with Crippen molar-refractivity contribution in [2.75, 3.05) is 0 Å². The first-order chi connectivity index (χ1) is 9.24. The Morgan fingerprint density at radius 2 is 1.63 bits per heavy atom. The fourth-order valence-electron chi connectivity index (χ4n) is 2.02. The Bertz CT molecular complexity index is 478. The zero-order valence-electron chi connectivity index (χ0n) is 11.3. The minimum atomic E-state index is 0.541. The second-order valence-electron chi connectivity index (χ2n) is 4.93. The molecule has 0 saturated carbocycles. The van der Waals surface area contributed by atoms with Crippen LogP contribution in [0.3, 0.4) is 0 Å². The van der Waals surface area contributed by atoms with E-state index in [2.05, 4.69) is 89.4 Å². The summed E-state index contributed by atoms with van der Waals surface area (Å²) in [6.45, 7) is 3.21. The Kier molecular flexibility index (Phi) is 5.86. The summed E-state index contributed by atoms with van der Waals surface area (Å²) in [5, 5.41) is 3.59. The normalized spacial score (nSPS) is 12.3. The van der Waals surface area contributed by atoms with Gasteiger partial charge < -0.3 is 5.32 Å². The van der Waals surface area contributed by atoms with E-state index in [1.54, 1.807) is 0 Å². The molecule has 2 heteroatoms. The van der Waals surface area contributed by atoms with Crippen LogP contribution >= 0.6 is 22.6 Å². The maximum Gasteiger partial charge on any atom is 0.0207 e. The number of halogens is 1. The van der Waals surface area contributed by atoms with Crippen LogP contribution in [0.4, 0.5) is 0 Å². The highest BCUT2D eigenvalue weighted by Gasteiger charge is 2.02. The van der Waals surface area contributed by atoms with Crippen molar-refractivity contribution in [2.24, 2.45) is 0 Å². The molecule has 0 heterocycles. The van der Waals surface area contributed by atoms with Crippen molar-refractivity contribution in [1.29, 1.82) is 0 Å². The summed E-state index contributed by atoms with van der Waals surface area (Å²) in [4.78, 5) is 0. The van der Waals surface area contributed by atoms with Crippen LogP contribution < -0.4 is 5.32 Å². The minimum Gasteiger partial charge on any atom is -0.310 e. The third-order valence-electron chi connectivity index (χ3n) is 3.28. The van der Waals surface area contributed by atoms with E-state index in [1.165, 1.54) is 21.1 Å². The van der Waals surface area contributed by atoms with Gasteiger partial charge in [0.25, 0.3) is 0 Å². The van der Waals surface area contributed by atoms with Crippen molar-refractivity contribution in [2.45, 2.75) is 32.4 Å². The highest BCUT2D eigenvalue weighted by Crippen LogP contribution is 2.08. The smallest absolute Gasteiger partial charge is 0.0207 e. The standard InChI is InChI=1S/C17H20IN/c1-14(7-8-15-5-3-2-4-6-15)19-13-16-9-11-17(18)12-10-16/h2-6,9-12,14,19H,7-8,13H2,1H3. The summed E-state index contributed by atoms with van der Waals surface area (Å²) in [5.74, 6) is 0. The van der Waals surface area contributed by atoms with Crippen LogP contribution in [0, 0.1) is 3.57 Å². The van der Waals surface area contributed by atoms with E-state index in [1.807, 2.05) is 0 Å². The Morgan fingerprint density at radius 1 is 0.947 bits per heavy atom. The van der Waals surface area contributed by atoms with E-state index >= 15 is 0 Å². The second-order valence-corrected chi connectivity index (χ2v) is 6.18. The highest BCUT2D eigenvalue weighted by atomic mass is 127. The summed E-state index contributed by atoms with van der Waals surface area (Å²) >= 11 is 2.34. The predicted octanol–water partition coefficient (Wildman–Crippen LogP) is 4.40. The zero-order chi connectivity index (χ0) is 13.5. The average molecular weight is 365 g/mol. The van der Waals surface area contributed by atoms with Gasteiger partial charge in [-0.1, -0.05) is 42.5 Å². The molecule has 1 nitrogen and oxygen atoms in total. The largest absolute Gasteiger partial charge is 0.310 e. The minimum absolute atomic E-state index is 0.541. The lowest BCUT2D eigenvalue weighted by Gasteiger charge is -2.14. The Hall–Kier alpha value is -0.870. The van der Waals surface area contributed by atoms with Gasteiger partial charge in [-0.15, -0.1) is 0 Å². The lowest BCUT2D eigenvalue weighted by molar-refractivity contribution is 0.514. The molecule has 2 rings (SSSR count). The lowest BCUT2D eigenvalue weighted by Crippen LogP contribution is -2.25. The number of benzene rings is 2. The molecule has 0 amide bonds. The van der Waals surface area contributed by atoms with E-state index < -0.39 is 0 Å². The molecule has 1 unspecified atom stereocenters. The van der Waals surface area contributed by atoms with Crippen LogP contribution in [0.25, 0.3) is 0 Å². The van der Waals surface area contributed by atoms with Crippen LogP contribution in [-0.2, 0) is 13.0 Å². The Labute approximate surface area is 129 Å². The van der Waals surface area contributed by atoms with E-state index in [-0.39, 0.29) is 0 Å². The van der Waals surface area contributed by atoms with Gasteiger partial charge in [0, 0.05) is 16.2 Å². The summed E-state index contributed by atoms with van der Waals surface area (Å²) < 4.78 is 1.29. The molecule has 0 spiro atoms. The third-order valence-corrected chi connectivity index (χ3v) is 4.00. The van der Waals surface area contributed by atoms with Gasteiger partial charge in [-0.2, -0.15) is 0 Å². The first-order valence-electron chi connectivity index (χ1n) is 6.76. The molecule has 2 aromatic carbocycles. The van der Waals surface area contributed by atoms with Gasteiger partial charge in [-0.3, -0.25) is 0 Å². The topological polar surface area (TPSA) is 12.0 Å². The molecule has 1 atom stereocenters. The summed E-state index contributed by atoms with van der Waals surface area (Å²) in [5.41, 5.74) is 2.78. The molecule has 0 aliphatic heterocycles. The van der Waals surface area contributed by atoms with Gasteiger partial charge >= 0.3 is 0 Å². The van der Waals surface area contributed by atoms with E-state index in [4.69, 9.17) is 0 Å². The van der Waals surface area contributed by atoms with Crippen molar-refractivity contribution >= 4 is 22.6 Å². The predicted molar refractivity (Wildman–Crippen MR) is 90.2 cm³/mol. The fourth-order valence-corrected chi connectivity index (χ4v) is 2.38. The molecule has 100 valence electrons. The first-order valence-corrected chi connectivity index (χ1v) is 7.83. The zero-order valence-corrected chi connectivity index (χ0v) is 13.4. The molecular weight excluding hydrogens is 345 g/mol. The van der Waals surface area contributed by atoms with Gasteiger partial charge in [-0.25, -0.2) is 0 Å². The van der Waals surface area contributed by atoms with Crippen molar-refractivity contribution in [3.63, 3.8) is 0 Å². The molecule has 0 radical (unpaired) electrons. The van der Waals surface area contributed by atoms with Crippen LogP contribution in [0.5, 0.6) is 0 Å². The SMILES string of the molecule is CC(CCc1ccccc1)NCc1ccc(I)cc1. The van der Waals surface area contributed by atoms with Crippen molar-refractivity contribution in [3.8, 4) is 0 Å². The second kappa shape index (κ2) is 7.65. The van der Waals surface area contributed by atoms with Gasteiger partial charge in [0.15, 0.2) is 0 Å². The van der Waals surface area contributed by atoms with E-state index in [0.717, 1.165) is 13.0 Å². The summed E-state index contributed by atoms with van der Waals surface area (Å²) in [6, 6.07) is 19.9. The van der Waals surface area contributed by atoms with Crippen LogP contribution in [0.2, 0.25) is 0 Å². The fraction of sp³-hybridized carbons (Fsp3) is 0.294. The molecule has 19 heavy (non-hydrogen) atoms. The number of aryl methyl sites for hydroxylation is 1. The van der Waals surface area contributed by atoms with E-state index in [9.17, 15) is 0 Å². The van der Waals surface area contributed by atoms with Crippen molar-refractivity contribution in [3.05, 3.63) is 69.3 Å². The molecular formula is C17H20IN. The Balaban J connectivity index is 1.72. The number of rotatable bonds is 6. The molecule has 0 aliphatic carbocycles. The number of hydrogen-bond acceptors (Lipinski definition) is 1. The van der Waals surface area contributed by atoms with Gasteiger partial charge in [-0.05, 0) is 65.6 Å². The van der Waals surface area contributed by atoms with Crippen molar-refractivity contribution < 1.29 is 0 Å². The van der Waals surface area contributed by atoms with Crippen molar-refractivity contribution in [1.82, 2.24) is 5.32 Å². The molecule has 1 N–H and O–H groups in total. The molecule has 0 bridgehead atoms. The van der Waals surface area contributed by atoms with Crippen LogP contribution in [0.1, 0.15) is 24.5 Å². The monoisotopic (exact) mass is 365 g/mol. The Morgan fingerprint density at radius 3 is 2.32 bits per heavy atom. The highest BCUT2D eigenvalue weighted by molar-refractivity contribution is 14.1. The number of hydrogen-bond donors (Lipinski definition) is 1. The molecule has 0 saturated heterocycles.